The summed E-state index contributed by atoms with van der Waals surface area (Å²) in [5.41, 5.74) is 2.78. The molecule has 1 aliphatic rings. The molecule has 0 aliphatic heterocycles. The predicted molar refractivity (Wildman–Crippen MR) is 87.0 cm³/mol. The number of rotatable bonds is 6. The van der Waals surface area contributed by atoms with Crippen LogP contribution in [-0.2, 0) is 11.2 Å². The van der Waals surface area contributed by atoms with E-state index in [1.165, 1.54) is 30.4 Å². The summed E-state index contributed by atoms with van der Waals surface area (Å²) in [5, 5.41) is 3.57. The molecule has 0 bridgehead atoms. The Morgan fingerprint density at radius 2 is 2.05 bits per heavy atom. The van der Waals surface area contributed by atoms with Gasteiger partial charge in [-0.3, -0.25) is 0 Å². The molecule has 0 fully saturated rings. The number of nitrogens with one attached hydrogen (secondary N) is 1. The molecule has 0 radical (unpaired) electrons. The van der Waals surface area contributed by atoms with Gasteiger partial charge >= 0.3 is 0 Å². The van der Waals surface area contributed by atoms with Crippen LogP contribution in [0.2, 0.25) is 0 Å². The van der Waals surface area contributed by atoms with Crippen molar-refractivity contribution >= 4 is 0 Å². The van der Waals surface area contributed by atoms with Crippen molar-refractivity contribution in [1.82, 2.24) is 5.32 Å². The Hall–Kier alpha value is -1.06. The van der Waals surface area contributed by atoms with Crippen LogP contribution in [0.5, 0.6) is 5.75 Å². The number of ether oxygens (including phenoxy) is 2. The first-order valence-corrected chi connectivity index (χ1v) is 8.12. The van der Waals surface area contributed by atoms with E-state index in [9.17, 15) is 0 Å². The summed E-state index contributed by atoms with van der Waals surface area (Å²) in [7, 11) is 0. The van der Waals surface area contributed by atoms with E-state index in [1.54, 1.807) is 0 Å². The second kappa shape index (κ2) is 7.28. The minimum absolute atomic E-state index is 0.102. The molecule has 0 amide bonds. The van der Waals surface area contributed by atoms with Gasteiger partial charge in [0.2, 0.25) is 0 Å². The maximum absolute atomic E-state index is 5.84. The van der Waals surface area contributed by atoms with Crippen molar-refractivity contribution in [2.75, 3.05) is 19.8 Å². The Labute approximate surface area is 129 Å². The van der Waals surface area contributed by atoms with Crippen LogP contribution in [0.15, 0.2) is 18.2 Å². The zero-order valence-corrected chi connectivity index (χ0v) is 13.9. The van der Waals surface area contributed by atoms with Gasteiger partial charge in [0, 0.05) is 6.04 Å². The molecule has 0 aromatic heterocycles. The fourth-order valence-electron chi connectivity index (χ4n) is 2.83. The van der Waals surface area contributed by atoms with Crippen LogP contribution in [0.1, 0.15) is 57.7 Å². The predicted octanol–water partition coefficient (Wildman–Crippen LogP) is 3.87. The normalized spacial score (nSPS) is 18.4. The van der Waals surface area contributed by atoms with Gasteiger partial charge in [-0.1, -0.05) is 13.0 Å². The highest BCUT2D eigenvalue weighted by atomic mass is 16.5. The van der Waals surface area contributed by atoms with Crippen molar-refractivity contribution in [3.05, 3.63) is 29.3 Å². The van der Waals surface area contributed by atoms with Crippen molar-refractivity contribution < 1.29 is 9.47 Å². The molecule has 3 nitrogen and oxygen atoms in total. The van der Waals surface area contributed by atoms with E-state index in [-0.39, 0.29) is 5.60 Å². The summed E-state index contributed by atoms with van der Waals surface area (Å²) >= 11 is 0. The Morgan fingerprint density at radius 3 is 2.76 bits per heavy atom. The molecule has 1 atom stereocenters. The van der Waals surface area contributed by atoms with Crippen molar-refractivity contribution in [1.29, 1.82) is 0 Å². The number of hydrogen-bond acceptors (Lipinski definition) is 3. The van der Waals surface area contributed by atoms with Crippen LogP contribution < -0.4 is 10.1 Å². The summed E-state index contributed by atoms with van der Waals surface area (Å²) in [6.07, 6.45) is 3.67. The lowest BCUT2D eigenvalue weighted by atomic mass is 9.87. The minimum Gasteiger partial charge on any atom is -0.491 e. The average Bonchev–Trinajstić information content (AvgIpc) is 2.43. The maximum atomic E-state index is 5.84. The molecule has 1 aromatic carbocycles. The highest BCUT2D eigenvalue weighted by molar-refractivity contribution is 5.39. The molecule has 21 heavy (non-hydrogen) atoms. The molecule has 1 aliphatic carbocycles. The number of hydrogen-bond donors (Lipinski definition) is 1. The van der Waals surface area contributed by atoms with E-state index in [2.05, 4.69) is 51.2 Å². The van der Waals surface area contributed by atoms with E-state index in [4.69, 9.17) is 9.47 Å². The SMILES string of the molecule is CCNC1CCCc2ccc(OCCOC(C)(C)C)cc21. The van der Waals surface area contributed by atoms with E-state index < -0.39 is 0 Å². The smallest absolute Gasteiger partial charge is 0.119 e. The third-order valence-electron chi connectivity index (χ3n) is 3.77. The summed E-state index contributed by atoms with van der Waals surface area (Å²) in [5.74, 6) is 0.955. The third kappa shape index (κ3) is 5.01. The molecular formula is C18H29NO2. The molecular weight excluding hydrogens is 262 g/mol. The van der Waals surface area contributed by atoms with Gasteiger partial charge in [-0.15, -0.1) is 0 Å². The maximum Gasteiger partial charge on any atom is 0.119 e. The fraction of sp³-hybridized carbons (Fsp3) is 0.667. The van der Waals surface area contributed by atoms with Crippen LogP contribution in [-0.4, -0.2) is 25.4 Å². The Morgan fingerprint density at radius 1 is 1.24 bits per heavy atom. The lowest BCUT2D eigenvalue weighted by Crippen LogP contribution is -2.25. The first kappa shape index (κ1) is 16.3. The molecule has 3 heteroatoms. The number of benzene rings is 1. The average molecular weight is 291 g/mol. The van der Waals surface area contributed by atoms with E-state index >= 15 is 0 Å². The minimum atomic E-state index is -0.102. The lowest BCUT2D eigenvalue weighted by Gasteiger charge is -2.26. The van der Waals surface area contributed by atoms with Gasteiger partial charge in [0.15, 0.2) is 0 Å². The topological polar surface area (TPSA) is 30.5 Å². The van der Waals surface area contributed by atoms with E-state index in [1.807, 2.05) is 0 Å². The van der Waals surface area contributed by atoms with Crippen molar-refractivity contribution in [2.24, 2.45) is 0 Å². The van der Waals surface area contributed by atoms with Crippen LogP contribution in [0.25, 0.3) is 0 Å². The van der Waals surface area contributed by atoms with Crippen LogP contribution in [0.3, 0.4) is 0 Å². The monoisotopic (exact) mass is 291 g/mol. The largest absolute Gasteiger partial charge is 0.491 e. The van der Waals surface area contributed by atoms with Gasteiger partial charge in [0.05, 0.1) is 12.2 Å². The lowest BCUT2D eigenvalue weighted by molar-refractivity contribution is -0.0163. The Kier molecular flexibility index (Phi) is 5.65. The van der Waals surface area contributed by atoms with E-state index in [0.717, 1.165) is 12.3 Å². The van der Waals surface area contributed by atoms with Gasteiger partial charge in [0.25, 0.3) is 0 Å². The Bertz CT molecular complexity index is 451. The first-order chi connectivity index (χ1) is 9.99. The van der Waals surface area contributed by atoms with Crippen molar-refractivity contribution in [2.45, 2.75) is 58.6 Å². The summed E-state index contributed by atoms with van der Waals surface area (Å²) in [4.78, 5) is 0. The Balaban J connectivity index is 1.94. The molecule has 1 aromatic rings. The van der Waals surface area contributed by atoms with Gasteiger partial charge < -0.3 is 14.8 Å². The zero-order valence-electron chi connectivity index (χ0n) is 13.9. The summed E-state index contributed by atoms with van der Waals surface area (Å²) in [6, 6.07) is 7.00. The van der Waals surface area contributed by atoms with Gasteiger partial charge in [-0.25, -0.2) is 0 Å². The van der Waals surface area contributed by atoms with Crippen LogP contribution >= 0.6 is 0 Å². The highest BCUT2D eigenvalue weighted by Crippen LogP contribution is 2.32. The van der Waals surface area contributed by atoms with Crippen molar-refractivity contribution in [3.8, 4) is 5.75 Å². The molecule has 118 valence electrons. The quantitative estimate of drug-likeness (QED) is 0.807. The molecule has 0 saturated heterocycles. The number of fused-ring (bicyclic) bond motifs is 1. The zero-order chi connectivity index (χ0) is 15.3. The number of aryl methyl sites for hydroxylation is 1. The van der Waals surface area contributed by atoms with Crippen molar-refractivity contribution in [3.63, 3.8) is 0 Å². The molecule has 1 N–H and O–H groups in total. The second-order valence-corrected chi connectivity index (χ2v) is 6.67. The molecule has 0 saturated carbocycles. The summed E-state index contributed by atoms with van der Waals surface area (Å²) in [6.45, 7) is 10.6. The summed E-state index contributed by atoms with van der Waals surface area (Å²) < 4.78 is 11.5. The fourth-order valence-corrected chi connectivity index (χ4v) is 2.83. The standard InChI is InChI=1S/C18H29NO2/c1-5-19-17-8-6-7-14-9-10-15(13-16(14)17)20-11-12-21-18(2,3)4/h9-10,13,17,19H,5-8,11-12H2,1-4H3. The molecule has 0 spiro atoms. The van der Waals surface area contributed by atoms with Gasteiger partial charge in [-0.2, -0.15) is 0 Å². The molecule has 0 heterocycles. The van der Waals surface area contributed by atoms with Gasteiger partial charge in [-0.05, 0) is 69.8 Å². The van der Waals surface area contributed by atoms with Gasteiger partial charge in [0.1, 0.15) is 12.4 Å². The second-order valence-electron chi connectivity index (χ2n) is 6.67. The third-order valence-corrected chi connectivity index (χ3v) is 3.77. The van der Waals surface area contributed by atoms with Crippen LogP contribution in [0, 0.1) is 0 Å². The molecule has 1 unspecified atom stereocenters. The molecule has 2 rings (SSSR count). The highest BCUT2D eigenvalue weighted by Gasteiger charge is 2.19. The van der Waals surface area contributed by atoms with Crippen LogP contribution in [0.4, 0.5) is 0 Å². The van der Waals surface area contributed by atoms with E-state index in [0.29, 0.717) is 19.3 Å². The first-order valence-electron chi connectivity index (χ1n) is 8.12.